The van der Waals surface area contributed by atoms with Crippen molar-refractivity contribution in [1.29, 1.82) is 0 Å². The zero-order chi connectivity index (χ0) is 4.41. The van der Waals surface area contributed by atoms with Crippen LogP contribution >= 0.6 is 11.3 Å². The molecule has 0 aliphatic heterocycles. The molecule has 0 amide bonds. The molecule has 6 heavy (non-hydrogen) atoms. The molecule has 0 radical (unpaired) electrons. The van der Waals surface area contributed by atoms with E-state index in [2.05, 4.69) is 9.68 Å². The van der Waals surface area contributed by atoms with E-state index in [1.54, 1.807) is 0 Å². The van der Waals surface area contributed by atoms with Gasteiger partial charge in [-0.2, -0.15) is 4.52 Å². The van der Waals surface area contributed by atoms with Gasteiger partial charge in [0.2, 0.25) is 0 Å². The molecule has 0 atom stereocenters. The molecular formula is C2H2NO2S+. The number of rotatable bonds is 0. The molecule has 0 aromatic carbocycles. The van der Waals surface area contributed by atoms with Crippen LogP contribution in [0.25, 0.3) is 0 Å². The van der Waals surface area contributed by atoms with E-state index in [-0.39, 0.29) is 4.94 Å². The Morgan fingerprint density at radius 1 is 2.00 bits per heavy atom. The predicted molar refractivity (Wildman–Crippen MR) is 19.4 cm³/mol. The molecule has 1 heterocycles. The first-order valence-corrected chi connectivity index (χ1v) is 2.22. The fourth-order valence-electron chi connectivity index (χ4n) is 0.168. The molecule has 1 N–H and O–H groups in total. The van der Waals surface area contributed by atoms with E-state index in [0.717, 1.165) is 11.3 Å². The van der Waals surface area contributed by atoms with Crippen molar-refractivity contribution in [3.8, 4) is 0 Å². The van der Waals surface area contributed by atoms with Gasteiger partial charge in [0.15, 0.2) is 0 Å². The highest BCUT2D eigenvalue weighted by atomic mass is 32.1. The Labute approximate surface area is 37.2 Å². The van der Waals surface area contributed by atoms with Crippen molar-refractivity contribution in [2.45, 2.75) is 0 Å². The van der Waals surface area contributed by atoms with Gasteiger partial charge in [-0.3, -0.25) is 0 Å². The van der Waals surface area contributed by atoms with E-state index in [1.165, 1.54) is 5.51 Å². The lowest BCUT2D eigenvalue weighted by Gasteiger charge is -1.39. The maximum atomic E-state index is 9.89. The average Bonchev–Trinajstić information content (AvgIpc) is 1.86. The lowest BCUT2D eigenvalue weighted by molar-refractivity contribution is -0.611. The third-order valence-electron chi connectivity index (χ3n) is 0.346. The van der Waals surface area contributed by atoms with Gasteiger partial charge in [-0.25, -0.2) is 4.79 Å². The van der Waals surface area contributed by atoms with Gasteiger partial charge in [0.25, 0.3) is 5.51 Å². The Bertz CT molecular complexity index is 149. The molecule has 0 bridgehead atoms. The quantitative estimate of drug-likeness (QED) is 0.446. The molecule has 0 saturated heterocycles. The van der Waals surface area contributed by atoms with Crippen LogP contribution in [0.15, 0.2) is 14.8 Å². The van der Waals surface area contributed by atoms with E-state index in [1.807, 2.05) is 0 Å². The third kappa shape index (κ3) is 0.463. The SMILES string of the molecule is O=c1o[nH+]cs1. The summed E-state index contributed by atoms with van der Waals surface area (Å²) in [5, 5.41) is 2.26. The molecule has 1 aromatic rings. The van der Waals surface area contributed by atoms with Crippen LogP contribution in [0.2, 0.25) is 0 Å². The summed E-state index contributed by atoms with van der Waals surface area (Å²) in [6.45, 7) is 0. The number of aromatic amines is 1. The van der Waals surface area contributed by atoms with Crippen LogP contribution in [-0.2, 0) is 0 Å². The monoisotopic (exact) mass is 104 g/mol. The van der Waals surface area contributed by atoms with Crippen LogP contribution in [0, 0.1) is 0 Å². The average molecular weight is 104 g/mol. The zero-order valence-electron chi connectivity index (χ0n) is 2.80. The van der Waals surface area contributed by atoms with Crippen molar-refractivity contribution >= 4 is 11.3 Å². The molecule has 3 nitrogen and oxygen atoms in total. The summed E-state index contributed by atoms with van der Waals surface area (Å²) in [5.74, 6) is 0. The number of hydrogen-bond acceptors (Lipinski definition) is 3. The molecule has 32 valence electrons. The molecule has 0 spiro atoms. The summed E-state index contributed by atoms with van der Waals surface area (Å²) in [6, 6.07) is 0. The lowest BCUT2D eigenvalue weighted by atomic mass is 11.7. The van der Waals surface area contributed by atoms with Gasteiger partial charge < -0.3 is 0 Å². The summed E-state index contributed by atoms with van der Waals surface area (Å²) in [7, 11) is 0. The zero-order valence-corrected chi connectivity index (χ0v) is 3.62. The summed E-state index contributed by atoms with van der Waals surface area (Å²) < 4.78 is 4.17. The van der Waals surface area contributed by atoms with Gasteiger partial charge in [-0.15, -0.1) is 0 Å². The number of hydrogen-bond donors (Lipinski definition) is 0. The Morgan fingerprint density at radius 2 is 2.83 bits per heavy atom. The Balaban J connectivity index is 3.41. The van der Waals surface area contributed by atoms with Crippen LogP contribution in [0.3, 0.4) is 0 Å². The molecular weight excluding hydrogens is 102 g/mol. The van der Waals surface area contributed by atoms with Crippen LogP contribution in [-0.4, -0.2) is 0 Å². The summed E-state index contributed by atoms with van der Waals surface area (Å²) in [6.07, 6.45) is 0. The lowest BCUT2D eigenvalue weighted by Crippen LogP contribution is -1.94. The maximum absolute atomic E-state index is 9.89. The summed E-state index contributed by atoms with van der Waals surface area (Å²) in [4.78, 5) is 9.59. The smallest absolute Gasteiger partial charge is 0.226 e. The van der Waals surface area contributed by atoms with Gasteiger partial charge in [0.05, 0.1) is 0 Å². The van der Waals surface area contributed by atoms with Crippen LogP contribution in [0.5, 0.6) is 0 Å². The van der Waals surface area contributed by atoms with Crippen LogP contribution in [0.1, 0.15) is 0 Å². The van der Waals surface area contributed by atoms with Crippen LogP contribution in [0.4, 0.5) is 0 Å². The molecule has 4 heteroatoms. The molecule has 0 fully saturated rings. The largest absolute Gasteiger partial charge is 0.464 e. The van der Waals surface area contributed by atoms with Crippen molar-refractivity contribution in [1.82, 2.24) is 0 Å². The maximum Gasteiger partial charge on any atom is 0.464 e. The van der Waals surface area contributed by atoms with Crippen molar-refractivity contribution in [2.24, 2.45) is 0 Å². The first kappa shape index (κ1) is 3.55. The van der Waals surface area contributed by atoms with Gasteiger partial charge >= 0.3 is 4.94 Å². The second-order valence-corrected chi connectivity index (χ2v) is 1.51. The number of nitrogens with one attached hydrogen (secondary N) is 1. The fraction of sp³-hybridized carbons (Fsp3) is 0. The standard InChI is InChI=1S/C2HNO2S/c4-2-5-3-1-6-2/h1H/p+1. The third-order valence-corrected chi connectivity index (χ3v) is 0.835. The highest BCUT2D eigenvalue weighted by Crippen LogP contribution is 1.68. The van der Waals surface area contributed by atoms with Gasteiger partial charge in [-0.1, -0.05) is 0 Å². The predicted octanol–water partition coefficient (Wildman–Crippen LogP) is -0.485. The number of aromatic nitrogens is 1. The second-order valence-electron chi connectivity index (χ2n) is 0.706. The molecule has 0 aliphatic carbocycles. The number of H-pyrrole nitrogens is 1. The summed E-state index contributed by atoms with van der Waals surface area (Å²) in [5.41, 5.74) is 1.47. The molecule has 1 rings (SSSR count). The van der Waals surface area contributed by atoms with Gasteiger partial charge in [-0.05, 0) is 5.16 Å². The van der Waals surface area contributed by atoms with Crippen molar-refractivity contribution in [3.05, 3.63) is 15.2 Å². The van der Waals surface area contributed by atoms with Gasteiger partial charge in [0, 0.05) is 11.3 Å². The van der Waals surface area contributed by atoms with E-state index < -0.39 is 0 Å². The van der Waals surface area contributed by atoms with Crippen molar-refractivity contribution in [2.75, 3.05) is 0 Å². The fourth-order valence-corrected chi connectivity index (χ4v) is 0.457. The molecule has 1 aromatic heterocycles. The highest BCUT2D eigenvalue weighted by molar-refractivity contribution is 7.06. The minimum Gasteiger partial charge on any atom is -0.226 e. The van der Waals surface area contributed by atoms with Crippen molar-refractivity contribution in [3.63, 3.8) is 0 Å². The Hall–Kier alpha value is -0.640. The minimum atomic E-state index is -0.296. The van der Waals surface area contributed by atoms with E-state index >= 15 is 0 Å². The first-order valence-electron chi connectivity index (χ1n) is 1.34. The normalized spacial score (nSPS) is 8.67. The van der Waals surface area contributed by atoms with Gasteiger partial charge in [0.1, 0.15) is 0 Å². The van der Waals surface area contributed by atoms with E-state index in [9.17, 15) is 4.79 Å². The molecule has 0 aliphatic rings. The molecule has 0 saturated carbocycles. The molecule has 0 unspecified atom stereocenters. The minimum absolute atomic E-state index is 0.296. The van der Waals surface area contributed by atoms with E-state index in [4.69, 9.17) is 0 Å². The summed E-state index contributed by atoms with van der Waals surface area (Å²) >= 11 is 1.000. The topological polar surface area (TPSA) is 44.4 Å². The Morgan fingerprint density at radius 3 is 3.00 bits per heavy atom. The Kier molecular flexibility index (Phi) is 0.719. The van der Waals surface area contributed by atoms with E-state index in [0.29, 0.717) is 0 Å². The highest BCUT2D eigenvalue weighted by Gasteiger charge is 1.85. The second kappa shape index (κ2) is 1.22. The van der Waals surface area contributed by atoms with Crippen LogP contribution < -0.4 is 10.1 Å². The van der Waals surface area contributed by atoms with Crippen molar-refractivity contribution < 1.29 is 9.68 Å². The first-order chi connectivity index (χ1) is 2.89.